The standard InChI is InChI=1S/C12H16N2O3S/c1-3-14(4-2)11(15)8-18-10-6-5-9(7-13-10)12(16)17/h5-7H,3-4,8H2,1-2H3,(H,16,17). The number of amides is 1. The van der Waals surface area contributed by atoms with E-state index in [1.807, 2.05) is 13.8 Å². The lowest BCUT2D eigenvalue weighted by Crippen LogP contribution is -2.31. The highest BCUT2D eigenvalue weighted by Gasteiger charge is 2.10. The van der Waals surface area contributed by atoms with E-state index in [0.29, 0.717) is 23.9 Å². The Labute approximate surface area is 110 Å². The maximum Gasteiger partial charge on any atom is 0.337 e. The summed E-state index contributed by atoms with van der Waals surface area (Å²) < 4.78 is 0. The molecule has 18 heavy (non-hydrogen) atoms. The van der Waals surface area contributed by atoms with Crippen molar-refractivity contribution >= 4 is 23.6 Å². The van der Waals surface area contributed by atoms with E-state index in [4.69, 9.17) is 5.11 Å². The van der Waals surface area contributed by atoms with Gasteiger partial charge in [-0.25, -0.2) is 9.78 Å². The van der Waals surface area contributed by atoms with Crippen LogP contribution >= 0.6 is 11.8 Å². The number of aromatic carboxylic acids is 1. The average molecular weight is 268 g/mol. The quantitative estimate of drug-likeness (QED) is 0.796. The molecule has 0 aliphatic carbocycles. The Kier molecular flexibility index (Phi) is 5.64. The summed E-state index contributed by atoms with van der Waals surface area (Å²) in [4.78, 5) is 28.1. The fraction of sp³-hybridized carbons (Fsp3) is 0.417. The maximum absolute atomic E-state index is 11.7. The van der Waals surface area contributed by atoms with Gasteiger partial charge < -0.3 is 10.0 Å². The molecule has 0 aliphatic heterocycles. The molecule has 1 aromatic rings. The monoisotopic (exact) mass is 268 g/mol. The molecule has 0 spiro atoms. The number of carboxylic acids is 1. The van der Waals surface area contributed by atoms with Gasteiger partial charge in [0.15, 0.2) is 0 Å². The molecule has 98 valence electrons. The number of carboxylic acid groups (broad SMARTS) is 1. The molecule has 0 atom stereocenters. The minimum absolute atomic E-state index is 0.0640. The topological polar surface area (TPSA) is 70.5 Å². The number of hydrogen-bond acceptors (Lipinski definition) is 4. The molecule has 1 aromatic heterocycles. The van der Waals surface area contributed by atoms with Crippen molar-refractivity contribution in [1.29, 1.82) is 0 Å². The van der Waals surface area contributed by atoms with Gasteiger partial charge in [-0.1, -0.05) is 11.8 Å². The summed E-state index contributed by atoms with van der Waals surface area (Å²) in [7, 11) is 0. The van der Waals surface area contributed by atoms with Crippen molar-refractivity contribution in [2.24, 2.45) is 0 Å². The van der Waals surface area contributed by atoms with Crippen molar-refractivity contribution in [2.75, 3.05) is 18.8 Å². The van der Waals surface area contributed by atoms with Crippen molar-refractivity contribution < 1.29 is 14.7 Å². The SMILES string of the molecule is CCN(CC)C(=O)CSc1ccc(C(=O)O)cn1. The van der Waals surface area contributed by atoms with Crippen molar-refractivity contribution in [1.82, 2.24) is 9.88 Å². The number of carbonyl (C=O) groups excluding carboxylic acids is 1. The van der Waals surface area contributed by atoms with E-state index in [1.165, 1.54) is 24.0 Å². The summed E-state index contributed by atoms with van der Waals surface area (Å²) >= 11 is 1.31. The largest absolute Gasteiger partial charge is 0.478 e. The zero-order valence-corrected chi connectivity index (χ0v) is 11.2. The molecule has 1 heterocycles. The summed E-state index contributed by atoms with van der Waals surface area (Å²) in [5.41, 5.74) is 0.148. The third-order valence-electron chi connectivity index (χ3n) is 2.44. The van der Waals surface area contributed by atoms with Crippen molar-refractivity contribution in [2.45, 2.75) is 18.9 Å². The van der Waals surface area contributed by atoms with E-state index in [9.17, 15) is 9.59 Å². The zero-order chi connectivity index (χ0) is 13.5. The second-order valence-corrected chi connectivity index (χ2v) is 4.54. The van der Waals surface area contributed by atoms with Crippen molar-refractivity contribution in [3.8, 4) is 0 Å². The highest BCUT2D eigenvalue weighted by molar-refractivity contribution is 7.99. The van der Waals surface area contributed by atoms with Crippen LogP contribution < -0.4 is 0 Å². The molecule has 0 saturated carbocycles. The van der Waals surface area contributed by atoms with Crippen LogP contribution in [0.5, 0.6) is 0 Å². The van der Waals surface area contributed by atoms with Crippen LogP contribution in [0.1, 0.15) is 24.2 Å². The predicted molar refractivity (Wildman–Crippen MR) is 69.8 cm³/mol. The third kappa shape index (κ3) is 4.03. The number of hydrogen-bond donors (Lipinski definition) is 1. The van der Waals surface area contributed by atoms with E-state index < -0.39 is 5.97 Å². The van der Waals surface area contributed by atoms with Gasteiger partial charge in [-0.15, -0.1) is 0 Å². The lowest BCUT2D eigenvalue weighted by molar-refractivity contribution is -0.127. The Morgan fingerprint density at radius 1 is 1.33 bits per heavy atom. The van der Waals surface area contributed by atoms with E-state index >= 15 is 0 Å². The first-order chi connectivity index (χ1) is 8.58. The van der Waals surface area contributed by atoms with E-state index in [1.54, 1.807) is 11.0 Å². The molecule has 0 unspecified atom stereocenters. The summed E-state index contributed by atoms with van der Waals surface area (Å²) in [6.45, 7) is 5.26. The molecule has 6 heteroatoms. The average Bonchev–Trinajstić information content (AvgIpc) is 2.38. The number of rotatable bonds is 6. The highest BCUT2D eigenvalue weighted by Crippen LogP contribution is 2.15. The molecule has 1 N–H and O–H groups in total. The Hall–Kier alpha value is -1.56. The molecule has 0 aromatic carbocycles. The van der Waals surface area contributed by atoms with Gasteiger partial charge in [0.05, 0.1) is 16.3 Å². The van der Waals surface area contributed by atoms with Crippen LogP contribution in [0, 0.1) is 0 Å². The first-order valence-electron chi connectivity index (χ1n) is 5.68. The first kappa shape index (κ1) is 14.5. The summed E-state index contributed by atoms with van der Waals surface area (Å²) in [5.74, 6) is -0.617. The molecule has 0 radical (unpaired) electrons. The Balaban J connectivity index is 2.53. The fourth-order valence-corrected chi connectivity index (χ4v) is 2.14. The highest BCUT2D eigenvalue weighted by atomic mass is 32.2. The van der Waals surface area contributed by atoms with Gasteiger partial charge in [0, 0.05) is 19.3 Å². The van der Waals surface area contributed by atoms with Crippen LogP contribution in [0.3, 0.4) is 0 Å². The van der Waals surface area contributed by atoms with Gasteiger partial charge in [-0.3, -0.25) is 4.79 Å². The maximum atomic E-state index is 11.7. The lowest BCUT2D eigenvalue weighted by atomic mass is 10.3. The van der Waals surface area contributed by atoms with Gasteiger partial charge in [0.2, 0.25) is 5.91 Å². The first-order valence-corrected chi connectivity index (χ1v) is 6.67. The second kappa shape index (κ2) is 7.00. The molecule has 1 rings (SSSR count). The molecular weight excluding hydrogens is 252 g/mol. The second-order valence-electron chi connectivity index (χ2n) is 3.54. The van der Waals surface area contributed by atoms with Crippen LogP contribution in [0.25, 0.3) is 0 Å². The lowest BCUT2D eigenvalue weighted by Gasteiger charge is -2.17. The molecule has 1 amide bonds. The molecule has 0 saturated heterocycles. The van der Waals surface area contributed by atoms with Gasteiger partial charge in [-0.2, -0.15) is 0 Å². The minimum atomic E-state index is -1.00. The fourth-order valence-electron chi connectivity index (χ4n) is 1.40. The van der Waals surface area contributed by atoms with E-state index in [-0.39, 0.29) is 11.5 Å². The number of aromatic nitrogens is 1. The van der Waals surface area contributed by atoms with Crippen molar-refractivity contribution in [3.05, 3.63) is 23.9 Å². The Morgan fingerprint density at radius 3 is 2.44 bits per heavy atom. The smallest absolute Gasteiger partial charge is 0.337 e. The third-order valence-corrected chi connectivity index (χ3v) is 3.37. The summed E-state index contributed by atoms with van der Waals surface area (Å²) in [5, 5.41) is 9.38. The predicted octanol–water partition coefficient (Wildman–Crippen LogP) is 1.74. The summed E-state index contributed by atoms with van der Waals surface area (Å²) in [6, 6.07) is 3.10. The molecule has 0 bridgehead atoms. The molecule has 0 fully saturated rings. The zero-order valence-electron chi connectivity index (χ0n) is 10.4. The van der Waals surface area contributed by atoms with Crippen LogP contribution in [0.2, 0.25) is 0 Å². The van der Waals surface area contributed by atoms with Gasteiger partial charge in [0.1, 0.15) is 0 Å². The number of nitrogens with zero attached hydrogens (tertiary/aromatic N) is 2. The van der Waals surface area contributed by atoms with E-state index in [2.05, 4.69) is 4.98 Å². The Bertz CT molecular complexity index is 416. The normalized spacial score (nSPS) is 10.1. The number of carbonyl (C=O) groups is 2. The summed E-state index contributed by atoms with van der Waals surface area (Å²) in [6.07, 6.45) is 1.30. The van der Waals surface area contributed by atoms with Gasteiger partial charge >= 0.3 is 5.97 Å². The van der Waals surface area contributed by atoms with E-state index in [0.717, 1.165) is 0 Å². The minimum Gasteiger partial charge on any atom is -0.478 e. The molecule has 0 aliphatic rings. The van der Waals surface area contributed by atoms with Crippen molar-refractivity contribution in [3.63, 3.8) is 0 Å². The van der Waals surface area contributed by atoms with Gasteiger partial charge in [0.25, 0.3) is 0 Å². The van der Waals surface area contributed by atoms with Crippen LogP contribution in [-0.4, -0.2) is 45.7 Å². The molecule has 5 nitrogen and oxygen atoms in total. The number of thioether (sulfide) groups is 1. The van der Waals surface area contributed by atoms with Gasteiger partial charge in [-0.05, 0) is 26.0 Å². The number of pyridine rings is 1. The van der Waals surface area contributed by atoms with Crippen LogP contribution in [0.4, 0.5) is 0 Å². The molecular formula is C12H16N2O3S. The van der Waals surface area contributed by atoms with Crippen LogP contribution in [-0.2, 0) is 4.79 Å². The Morgan fingerprint density at radius 2 is 2.00 bits per heavy atom. The van der Waals surface area contributed by atoms with Crippen LogP contribution in [0.15, 0.2) is 23.4 Å².